The third-order valence-electron chi connectivity index (χ3n) is 5.16. The van der Waals surface area contributed by atoms with Crippen LogP contribution in [0.5, 0.6) is 5.75 Å². The van der Waals surface area contributed by atoms with E-state index in [1.54, 1.807) is 11.3 Å². The Morgan fingerprint density at radius 2 is 2.26 bits per heavy atom. The quantitative estimate of drug-likeness (QED) is 0.683. The average molecular weight is 380 g/mol. The molecular weight excluding hydrogens is 360 g/mol. The number of aryl methyl sites for hydroxylation is 1. The van der Waals surface area contributed by atoms with Crippen LogP contribution in [0, 0.1) is 12.8 Å². The highest BCUT2D eigenvalue weighted by Crippen LogP contribution is 2.42. The lowest BCUT2D eigenvalue weighted by molar-refractivity contribution is -0.119. The number of nitrogens with one attached hydrogen (secondary N) is 1. The molecule has 0 bridgehead atoms. The molecule has 1 saturated carbocycles. The second-order valence-corrected chi connectivity index (χ2v) is 8.31. The van der Waals surface area contributed by atoms with Gasteiger partial charge in [0.25, 0.3) is 0 Å². The Hall–Kier alpha value is -2.67. The molecule has 3 heterocycles. The van der Waals surface area contributed by atoms with E-state index in [-0.39, 0.29) is 11.8 Å². The molecule has 1 aliphatic carbocycles. The summed E-state index contributed by atoms with van der Waals surface area (Å²) in [5, 5.41) is 5.91. The van der Waals surface area contributed by atoms with Crippen LogP contribution in [0.3, 0.4) is 0 Å². The molecule has 1 amide bonds. The maximum Gasteiger partial charge on any atom is 0.220 e. The molecule has 3 aromatic rings. The van der Waals surface area contributed by atoms with E-state index in [0.717, 1.165) is 33.0 Å². The first-order chi connectivity index (χ1) is 13.1. The minimum Gasteiger partial charge on any atom is -0.460 e. The highest BCUT2D eigenvalue weighted by atomic mass is 32.1. The lowest BCUT2D eigenvalue weighted by Crippen LogP contribution is -2.15. The molecule has 0 unspecified atom stereocenters. The summed E-state index contributed by atoms with van der Waals surface area (Å²) in [5.74, 6) is 1.39. The predicted molar refractivity (Wildman–Crippen MR) is 105 cm³/mol. The van der Waals surface area contributed by atoms with E-state index in [9.17, 15) is 4.79 Å². The first-order valence-electron chi connectivity index (χ1n) is 9.15. The number of thiazole rings is 1. The molecule has 5 rings (SSSR count). The van der Waals surface area contributed by atoms with Gasteiger partial charge in [0.15, 0.2) is 5.75 Å². The van der Waals surface area contributed by atoms with Gasteiger partial charge in [0.2, 0.25) is 5.91 Å². The summed E-state index contributed by atoms with van der Waals surface area (Å²) in [7, 11) is 0. The van der Waals surface area contributed by atoms with Gasteiger partial charge in [-0.3, -0.25) is 4.79 Å². The third kappa shape index (κ3) is 3.02. The first kappa shape index (κ1) is 16.5. The van der Waals surface area contributed by atoms with E-state index in [1.165, 1.54) is 12.8 Å². The Labute approximate surface area is 160 Å². The van der Waals surface area contributed by atoms with Gasteiger partial charge < -0.3 is 14.6 Å². The molecule has 1 N–H and O–H groups in total. The molecule has 1 aliphatic heterocycles. The van der Waals surface area contributed by atoms with E-state index in [2.05, 4.69) is 32.5 Å². The van der Waals surface area contributed by atoms with Crippen LogP contribution in [0.4, 0.5) is 0 Å². The van der Waals surface area contributed by atoms with Crippen molar-refractivity contribution in [3.8, 4) is 17.0 Å². The number of rotatable bonds is 5. The van der Waals surface area contributed by atoms with Crippen molar-refractivity contribution < 1.29 is 9.53 Å². The van der Waals surface area contributed by atoms with Gasteiger partial charge in [-0.05, 0) is 31.9 Å². The number of aromatic nitrogens is 3. The smallest absolute Gasteiger partial charge is 0.220 e. The normalized spacial score (nSPS) is 19.4. The molecule has 0 radical (unpaired) electrons. The zero-order valence-corrected chi connectivity index (χ0v) is 15.9. The summed E-state index contributed by atoms with van der Waals surface area (Å²) in [5.41, 5.74) is 3.80. The standard InChI is InChI=1S/C20H20N4O2S/c1-11(14-7-19(25)21-8-14)26-18-6-13(17-9-27-12(2)23-17)5-16-20(18)24(10-22-16)15-3-4-15/h5-6,9-10,14-15H,1,3-4,7-8H2,2H3,(H,21,25)/t14-/m1/s1. The van der Waals surface area contributed by atoms with E-state index >= 15 is 0 Å². The van der Waals surface area contributed by atoms with Crippen LogP contribution < -0.4 is 10.1 Å². The van der Waals surface area contributed by atoms with Crippen molar-refractivity contribution in [1.29, 1.82) is 0 Å². The van der Waals surface area contributed by atoms with Gasteiger partial charge in [-0.25, -0.2) is 9.97 Å². The highest BCUT2D eigenvalue weighted by molar-refractivity contribution is 7.09. The van der Waals surface area contributed by atoms with Gasteiger partial charge in [-0.15, -0.1) is 11.3 Å². The molecule has 138 valence electrons. The second-order valence-electron chi connectivity index (χ2n) is 7.25. The number of carbonyl (C=O) groups is 1. The molecule has 27 heavy (non-hydrogen) atoms. The molecule has 6 nitrogen and oxygen atoms in total. The molecule has 1 aromatic carbocycles. The lowest BCUT2D eigenvalue weighted by atomic mass is 10.1. The minimum atomic E-state index is -0.00461. The van der Waals surface area contributed by atoms with Crippen molar-refractivity contribution in [2.75, 3.05) is 6.54 Å². The highest BCUT2D eigenvalue weighted by Gasteiger charge is 2.29. The van der Waals surface area contributed by atoms with Crippen molar-refractivity contribution in [1.82, 2.24) is 19.9 Å². The molecule has 2 aliphatic rings. The summed E-state index contributed by atoms with van der Waals surface area (Å²) in [6.07, 6.45) is 4.66. The SMILES string of the molecule is C=C(Oc1cc(-c2csc(C)n2)cc2ncn(C3CC3)c12)[C@H]1CNC(=O)C1. The zero-order chi connectivity index (χ0) is 18.5. The van der Waals surface area contributed by atoms with E-state index in [4.69, 9.17) is 4.74 Å². The number of fused-ring (bicyclic) bond motifs is 1. The average Bonchev–Trinajstić information content (AvgIpc) is 3.04. The fourth-order valence-electron chi connectivity index (χ4n) is 3.54. The monoisotopic (exact) mass is 380 g/mol. The van der Waals surface area contributed by atoms with Crippen LogP contribution in [0.25, 0.3) is 22.3 Å². The Kier molecular flexibility index (Phi) is 3.79. The van der Waals surface area contributed by atoms with E-state index in [1.807, 2.05) is 24.7 Å². The maximum absolute atomic E-state index is 11.5. The number of imidazole rings is 1. The van der Waals surface area contributed by atoms with Crippen molar-refractivity contribution in [3.63, 3.8) is 0 Å². The molecular formula is C20H20N4O2S. The minimum absolute atomic E-state index is 0.00461. The molecule has 2 aromatic heterocycles. The number of nitrogens with zero attached hydrogens (tertiary/aromatic N) is 3. The summed E-state index contributed by atoms with van der Waals surface area (Å²) in [6.45, 7) is 6.67. The van der Waals surface area contributed by atoms with Crippen LogP contribution >= 0.6 is 11.3 Å². The van der Waals surface area contributed by atoms with Crippen molar-refractivity contribution in [2.45, 2.75) is 32.2 Å². The number of hydrogen-bond donors (Lipinski definition) is 1. The Bertz CT molecular complexity index is 1060. The van der Waals surface area contributed by atoms with Gasteiger partial charge in [0.1, 0.15) is 11.3 Å². The van der Waals surface area contributed by atoms with Gasteiger partial charge in [-0.2, -0.15) is 0 Å². The predicted octanol–water partition coefficient (Wildman–Crippen LogP) is 3.83. The molecule has 0 spiro atoms. The van der Waals surface area contributed by atoms with Gasteiger partial charge in [0, 0.05) is 35.9 Å². The summed E-state index contributed by atoms with van der Waals surface area (Å²) in [6, 6.07) is 4.58. The first-order valence-corrected chi connectivity index (χ1v) is 10.0. The Morgan fingerprint density at radius 1 is 1.41 bits per heavy atom. The third-order valence-corrected chi connectivity index (χ3v) is 5.94. The number of benzene rings is 1. The van der Waals surface area contributed by atoms with Crippen LogP contribution in [0.1, 0.15) is 30.3 Å². The molecule has 1 saturated heterocycles. The fourth-order valence-corrected chi connectivity index (χ4v) is 4.16. The lowest BCUT2D eigenvalue weighted by Gasteiger charge is -2.16. The Morgan fingerprint density at radius 3 is 2.93 bits per heavy atom. The Balaban J connectivity index is 1.57. The van der Waals surface area contributed by atoms with Crippen LogP contribution in [0.2, 0.25) is 0 Å². The number of carbonyl (C=O) groups excluding carboxylic acids is 1. The van der Waals surface area contributed by atoms with Crippen LogP contribution in [-0.2, 0) is 4.79 Å². The fraction of sp³-hybridized carbons (Fsp3) is 0.350. The second kappa shape index (κ2) is 6.20. The van der Waals surface area contributed by atoms with Crippen molar-refractivity contribution in [3.05, 3.63) is 41.2 Å². The van der Waals surface area contributed by atoms with E-state index in [0.29, 0.717) is 24.8 Å². The van der Waals surface area contributed by atoms with E-state index < -0.39 is 0 Å². The maximum atomic E-state index is 11.5. The molecule has 1 atom stereocenters. The summed E-state index contributed by atoms with van der Waals surface area (Å²) < 4.78 is 8.43. The summed E-state index contributed by atoms with van der Waals surface area (Å²) >= 11 is 1.62. The van der Waals surface area contributed by atoms with Crippen LogP contribution in [0.15, 0.2) is 36.2 Å². The van der Waals surface area contributed by atoms with Crippen molar-refractivity contribution >= 4 is 28.3 Å². The van der Waals surface area contributed by atoms with Crippen molar-refractivity contribution in [2.24, 2.45) is 5.92 Å². The van der Waals surface area contributed by atoms with Crippen LogP contribution in [-0.4, -0.2) is 27.0 Å². The largest absolute Gasteiger partial charge is 0.460 e. The van der Waals surface area contributed by atoms with Gasteiger partial charge in [-0.1, -0.05) is 6.58 Å². The van der Waals surface area contributed by atoms with Gasteiger partial charge >= 0.3 is 0 Å². The molecule has 7 heteroatoms. The zero-order valence-electron chi connectivity index (χ0n) is 15.1. The topological polar surface area (TPSA) is 69.0 Å². The number of amides is 1. The number of hydrogen-bond acceptors (Lipinski definition) is 5. The number of ether oxygens (including phenoxy) is 1. The summed E-state index contributed by atoms with van der Waals surface area (Å²) in [4.78, 5) is 20.8. The van der Waals surface area contributed by atoms with Gasteiger partial charge in [0.05, 0.1) is 22.5 Å². The molecule has 2 fully saturated rings.